The lowest BCUT2D eigenvalue weighted by atomic mass is 10.0. The van der Waals surface area contributed by atoms with Gasteiger partial charge in [-0.1, -0.05) is 6.08 Å². The van der Waals surface area contributed by atoms with Gasteiger partial charge in [0.15, 0.2) is 11.5 Å². The van der Waals surface area contributed by atoms with E-state index in [0.717, 1.165) is 12.0 Å². The molecule has 0 aromatic heterocycles. The van der Waals surface area contributed by atoms with Gasteiger partial charge in [-0.3, -0.25) is 0 Å². The maximum Gasteiger partial charge on any atom is 0.203 e. The van der Waals surface area contributed by atoms with E-state index in [4.69, 9.17) is 14.2 Å². The minimum absolute atomic E-state index is 0.136. The van der Waals surface area contributed by atoms with E-state index in [2.05, 4.69) is 11.9 Å². The first-order valence-corrected chi connectivity index (χ1v) is 5.80. The highest BCUT2D eigenvalue weighted by Crippen LogP contribution is 2.42. The third-order valence-corrected chi connectivity index (χ3v) is 2.86. The first-order valence-electron chi connectivity index (χ1n) is 5.80. The highest BCUT2D eigenvalue weighted by Gasteiger charge is 2.20. The van der Waals surface area contributed by atoms with Crippen LogP contribution in [0.2, 0.25) is 0 Å². The highest BCUT2D eigenvalue weighted by atomic mass is 16.5. The van der Waals surface area contributed by atoms with Crippen LogP contribution in [0.3, 0.4) is 0 Å². The molecule has 0 heterocycles. The molecule has 0 saturated heterocycles. The summed E-state index contributed by atoms with van der Waals surface area (Å²) in [6, 6.07) is 3.99. The Bertz CT molecular complexity index is 404. The molecule has 18 heavy (non-hydrogen) atoms. The molecule has 1 atom stereocenters. The summed E-state index contributed by atoms with van der Waals surface area (Å²) in [6.45, 7) is 3.77. The molecular weight excluding hydrogens is 230 g/mol. The fourth-order valence-corrected chi connectivity index (χ4v) is 1.97. The van der Waals surface area contributed by atoms with E-state index in [-0.39, 0.29) is 6.04 Å². The van der Waals surface area contributed by atoms with Crippen molar-refractivity contribution in [3.05, 3.63) is 30.4 Å². The number of hydrogen-bond acceptors (Lipinski definition) is 4. The molecule has 0 fully saturated rings. The zero-order chi connectivity index (χ0) is 13.5. The van der Waals surface area contributed by atoms with Crippen LogP contribution in [0.15, 0.2) is 24.8 Å². The molecule has 4 nitrogen and oxygen atoms in total. The van der Waals surface area contributed by atoms with Gasteiger partial charge < -0.3 is 19.5 Å². The van der Waals surface area contributed by atoms with Gasteiger partial charge in [-0.2, -0.15) is 0 Å². The smallest absolute Gasteiger partial charge is 0.203 e. The number of methoxy groups -OCH3 is 3. The Kier molecular flexibility index (Phi) is 5.52. The van der Waals surface area contributed by atoms with Gasteiger partial charge in [0.2, 0.25) is 5.75 Å². The molecule has 0 saturated carbocycles. The molecule has 0 radical (unpaired) electrons. The van der Waals surface area contributed by atoms with Gasteiger partial charge >= 0.3 is 0 Å². The topological polar surface area (TPSA) is 39.7 Å². The van der Waals surface area contributed by atoms with Crippen LogP contribution in [-0.2, 0) is 0 Å². The molecule has 4 heteroatoms. The summed E-state index contributed by atoms with van der Waals surface area (Å²) in [5.41, 5.74) is 1.03. The molecule has 0 spiro atoms. The summed E-state index contributed by atoms with van der Waals surface area (Å²) >= 11 is 0. The van der Waals surface area contributed by atoms with E-state index in [1.165, 1.54) is 0 Å². The average Bonchev–Trinajstić information content (AvgIpc) is 2.42. The van der Waals surface area contributed by atoms with E-state index in [0.29, 0.717) is 17.2 Å². The predicted molar refractivity (Wildman–Crippen MR) is 72.7 cm³/mol. The fourth-order valence-electron chi connectivity index (χ4n) is 1.97. The van der Waals surface area contributed by atoms with Gasteiger partial charge in [-0.15, -0.1) is 6.58 Å². The highest BCUT2D eigenvalue weighted by molar-refractivity contribution is 5.56. The number of hydrogen-bond donors (Lipinski definition) is 1. The largest absolute Gasteiger partial charge is 0.493 e. The summed E-state index contributed by atoms with van der Waals surface area (Å²) in [6.07, 6.45) is 2.68. The van der Waals surface area contributed by atoms with Crippen molar-refractivity contribution >= 4 is 0 Å². The van der Waals surface area contributed by atoms with E-state index in [1.54, 1.807) is 21.3 Å². The fraction of sp³-hybridized carbons (Fsp3) is 0.429. The molecule has 1 aromatic rings. The maximum atomic E-state index is 5.46. The van der Waals surface area contributed by atoms with Gasteiger partial charge in [0.05, 0.1) is 21.3 Å². The molecular formula is C14H21NO3. The first-order chi connectivity index (χ1) is 8.73. The maximum absolute atomic E-state index is 5.46. The van der Waals surface area contributed by atoms with Crippen LogP contribution >= 0.6 is 0 Å². The standard InChI is InChI=1S/C14H21NO3/c1-6-7-11(15-2)10-8-9-12(16-3)14(18-5)13(10)17-4/h6,8-9,11,15H,1,7H2,2-5H3. The second kappa shape index (κ2) is 6.91. The van der Waals surface area contributed by atoms with Crippen molar-refractivity contribution in [3.8, 4) is 17.2 Å². The Balaban J connectivity index is 3.30. The lowest BCUT2D eigenvalue weighted by Crippen LogP contribution is -2.16. The van der Waals surface area contributed by atoms with Gasteiger partial charge in [0, 0.05) is 11.6 Å². The van der Waals surface area contributed by atoms with Crippen LogP contribution in [0.5, 0.6) is 17.2 Å². The van der Waals surface area contributed by atoms with Crippen LogP contribution in [0.4, 0.5) is 0 Å². The number of nitrogens with one attached hydrogen (secondary N) is 1. The summed E-state index contributed by atoms with van der Waals surface area (Å²) in [7, 11) is 6.74. The third kappa shape index (κ3) is 2.76. The predicted octanol–water partition coefficient (Wildman–Crippen LogP) is 2.55. The van der Waals surface area contributed by atoms with Gasteiger partial charge in [0.25, 0.3) is 0 Å². The normalized spacial score (nSPS) is 11.8. The Labute approximate surface area is 109 Å². The Morgan fingerprint density at radius 2 is 1.83 bits per heavy atom. The van der Waals surface area contributed by atoms with Crippen molar-refractivity contribution in [2.24, 2.45) is 0 Å². The molecule has 1 unspecified atom stereocenters. The lowest BCUT2D eigenvalue weighted by molar-refractivity contribution is 0.319. The first kappa shape index (κ1) is 14.4. The lowest BCUT2D eigenvalue weighted by Gasteiger charge is -2.21. The molecule has 0 amide bonds. The van der Waals surface area contributed by atoms with Gasteiger partial charge in [-0.25, -0.2) is 0 Å². The van der Waals surface area contributed by atoms with Crippen LogP contribution in [-0.4, -0.2) is 28.4 Å². The molecule has 0 aliphatic rings. The van der Waals surface area contributed by atoms with E-state index >= 15 is 0 Å². The van der Waals surface area contributed by atoms with Crippen molar-refractivity contribution in [1.82, 2.24) is 5.32 Å². The number of rotatable bonds is 7. The van der Waals surface area contributed by atoms with Crippen LogP contribution in [0.1, 0.15) is 18.0 Å². The van der Waals surface area contributed by atoms with Crippen LogP contribution in [0, 0.1) is 0 Å². The second-order valence-electron chi connectivity index (χ2n) is 3.79. The van der Waals surface area contributed by atoms with E-state index in [9.17, 15) is 0 Å². The van der Waals surface area contributed by atoms with Crippen LogP contribution < -0.4 is 19.5 Å². The Morgan fingerprint density at radius 3 is 2.28 bits per heavy atom. The van der Waals surface area contributed by atoms with Crippen molar-refractivity contribution in [3.63, 3.8) is 0 Å². The summed E-state index contributed by atoms with van der Waals surface area (Å²) in [5.74, 6) is 1.96. The van der Waals surface area contributed by atoms with E-state index < -0.39 is 0 Å². The summed E-state index contributed by atoms with van der Waals surface area (Å²) in [5, 5.41) is 3.24. The van der Waals surface area contributed by atoms with Gasteiger partial charge in [-0.05, 0) is 25.6 Å². The molecule has 0 aliphatic carbocycles. The number of ether oxygens (including phenoxy) is 3. The SMILES string of the molecule is C=CCC(NC)c1ccc(OC)c(OC)c1OC. The van der Waals surface area contributed by atoms with Crippen molar-refractivity contribution < 1.29 is 14.2 Å². The quantitative estimate of drug-likeness (QED) is 0.756. The molecule has 0 aliphatic heterocycles. The number of benzene rings is 1. The monoisotopic (exact) mass is 251 g/mol. The molecule has 1 aromatic carbocycles. The van der Waals surface area contributed by atoms with Crippen molar-refractivity contribution in [2.75, 3.05) is 28.4 Å². The van der Waals surface area contributed by atoms with Crippen molar-refractivity contribution in [2.45, 2.75) is 12.5 Å². The molecule has 100 valence electrons. The molecule has 1 rings (SSSR count). The van der Waals surface area contributed by atoms with Gasteiger partial charge in [0.1, 0.15) is 0 Å². The zero-order valence-electron chi connectivity index (χ0n) is 11.4. The van der Waals surface area contributed by atoms with E-state index in [1.807, 2.05) is 25.3 Å². The van der Waals surface area contributed by atoms with Crippen LogP contribution in [0.25, 0.3) is 0 Å². The molecule has 1 N–H and O–H groups in total. The Morgan fingerprint density at radius 1 is 1.17 bits per heavy atom. The zero-order valence-corrected chi connectivity index (χ0v) is 11.4. The summed E-state index contributed by atoms with van der Waals surface area (Å²) in [4.78, 5) is 0. The molecule has 0 bridgehead atoms. The average molecular weight is 251 g/mol. The Hall–Kier alpha value is -1.68. The minimum Gasteiger partial charge on any atom is -0.493 e. The van der Waals surface area contributed by atoms with Crippen molar-refractivity contribution in [1.29, 1.82) is 0 Å². The second-order valence-corrected chi connectivity index (χ2v) is 3.79. The third-order valence-electron chi connectivity index (χ3n) is 2.86. The summed E-state index contributed by atoms with van der Waals surface area (Å²) < 4.78 is 16.1. The minimum atomic E-state index is 0.136.